The smallest absolute Gasteiger partial charge is 0.416 e. The Labute approximate surface area is 206 Å². The van der Waals surface area contributed by atoms with E-state index in [0.717, 1.165) is 12.1 Å². The van der Waals surface area contributed by atoms with Crippen LogP contribution in [0.3, 0.4) is 0 Å². The van der Waals surface area contributed by atoms with Gasteiger partial charge in [-0.1, -0.05) is 18.2 Å². The van der Waals surface area contributed by atoms with Gasteiger partial charge in [-0.25, -0.2) is 4.79 Å². The van der Waals surface area contributed by atoms with Gasteiger partial charge in [-0.05, 0) is 56.7 Å². The van der Waals surface area contributed by atoms with E-state index in [9.17, 15) is 28.0 Å². The fourth-order valence-electron chi connectivity index (χ4n) is 4.14. The number of amides is 1. The first-order valence-electron chi connectivity index (χ1n) is 11.2. The molecule has 1 heterocycles. The molecule has 1 aliphatic heterocycles. The number of nitrogens with two attached hydrogens (primary N) is 1. The zero-order valence-electron chi connectivity index (χ0n) is 19.9. The maximum absolute atomic E-state index is 13.5. The molecule has 1 amide bonds. The summed E-state index contributed by atoms with van der Waals surface area (Å²) < 4.78 is 45.6. The van der Waals surface area contributed by atoms with Crippen molar-refractivity contribution in [3.63, 3.8) is 0 Å². The van der Waals surface area contributed by atoms with E-state index in [4.69, 9.17) is 10.5 Å². The summed E-state index contributed by atoms with van der Waals surface area (Å²) in [5, 5.41) is 11.9. The van der Waals surface area contributed by atoms with Crippen LogP contribution in [0.2, 0.25) is 0 Å². The van der Waals surface area contributed by atoms with E-state index in [1.54, 1.807) is 32.9 Å². The summed E-state index contributed by atoms with van der Waals surface area (Å²) in [4.78, 5) is 27.7. The minimum atomic E-state index is -4.61. The second kappa shape index (κ2) is 10.6. The third kappa shape index (κ3) is 5.05. The van der Waals surface area contributed by atoms with Gasteiger partial charge in [0.1, 0.15) is 5.82 Å². The summed E-state index contributed by atoms with van der Waals surface area (Å²) in [5.74, 6) is -2.47. The first-order valence-corrected chi connectivity index (χ1v) is 11.2. The van der Waals surface area contributed by atoms with Crippen LogP contribution in [-0.4, -0.2) is 25.0 Å². The normalized spacial score (nSPS) is 16.0. The summed E-state index contributed by atoms with van der Waals surface area (Å²) >= 11 is 0. The van der Waals surface area contributed by atoms with Crippen molar-refractivity contribution in [2.75, 3.05) is 18.1 Å². The van der Waals surface area contributed by atoms with Gasteiger partial charge in [0.05, 0.1) is 35.3 Å². The molecule has 36 heavy (non-hydrogen) atoms. The summed E-state index contributed by atoms with van der Waals surface area (Å²) in [6, 6.07) is 12.7. The highest BCUT2D eigenvalue weighted by molar-refractivity contribution is 6.03. The van der Waals surface area contributed by atoms with Crippen molar-refractivity contribution < 1.29 is 27.5 Å². The van der Waals surface area contributed by atoms with Crippen molar-refractivity contribution in [1.29, 1.82) is 5.26 Å². The predicted molar refractivity (Wildman–Crippen MR) is 127 cm³/mol. The van der Waals surface area contributed by atoms with Crippen LogP contribution < -0.4 is 16.0 Å². The first kappa shape index (κ1) is 26.3. The second-order valence-electron chi connectivity index (χ2n) is 7.93. The zero-order chi connectivity index (χ0) is 26.6. The van der Waals surface area contributed by atoms with Crippen molar-refractivity contribution in [3.05, 3.63) is 87.9 Å². The molecule has 0 bridgehead atoms. The van der Waals surface area contributed by atoms with Crippen LogP contribution in [0.1, 0.15) is 43.4 Å². The molecule has 1 atom stereocenters. The van der Waals surface area contributed by atoms with E-state index in [-0.39, 0.29) is 41.5 Å². The quantitative estimate of drug-likeness (QED) is 0.574. The first-order chi connectivity index (χ1) is 17.0. The Kier molecular flexibility index (Phi) is 7.73. The van der Waals surface area contributed by atoms with Crippen LogP contribution in [0.25, 0.3) is 0 Å². The number of rotatable bonds is 6. The number of hydrogen-bond acceptors (Lipinski definition) is 6. The van der Waals surface area contributed by atoms with E-state index >= 15 is 0 Å². The Bertz CT molecular complexity index is 1230. The molecule has 0 fully saturated rings. The molecule has 2 aromatic carbocycles. The van der Waals surface area contributed by atoms with Crippen LogP contribution in [0.5, 0.6) is 0 Å². The lowest BCUT2D eigenvalue weighted by molar-refractivity contribution is -0.139. The number of carbonyl (C=O) groups excluding carboxylic acids is 2. The summed E-state index contributed by atoms with van der Waals surface area (Å²) in [7, 11) is 0. The number of nitriles is 1. The number of hydrogen-bond donors (Lipinski definition) is 2. The van der Waals surface area contributed by atoms with Gasteiger partial charge in [0.15, 0.2) is 0 Å². The van der Waals surface area contributed by atoms with E-state index in [1.165, 1.54) is 29.2 Å². The maximum atomic E-state index is 13.5. The highest BCUT2D eigenvalue weighted by Crippen LogP contribution is 2.44. The minimum absolute atomic E-state index is 0.0123. The van der Waals surface area contributed by atoms with E-state index in [0.29, 0.717) is 11.1 Å². The summed E-state index contributed by atoms with van der Waals surface area (Å²) in [6.07, 6.45) is -4.61. The van der Waals surface area contributed by atoms with Crippen LogP contribution in [0, 0.1) is 11.3 Å². The number of alkyl halides is 3. The minimum Gasteiger partial charge on any atom is -0.463 e. The van der Waals surface area contributed by atoms with Crippen molar-refractivity contribution in [2.45, 2.75) is 32.9 Å². The van der Waals surface area contributed by atoms with E-state index in [1.807, 2.05) is 6.07 Å². The van der Waals surface area contributed by atoms with Crippen molar-refractivity contribution >= 4 is 17.6 Å². The number of nitrogens with zero attached hydrogens (tertiary/aromatic N) is 2. The van der Waals surface area contributed by atoms with Gasteiger partial charge < -0.3 is 20.7 Å². The number of allylic oxidation sites excluding steroid dienone is 1. The van der Waals surface area contributed by atoms with Gasteiger partial charge in [-0.3, -0.25) is 4.79 Å². The third-order valence-corrected chi connectivity index (χ3v) is 5.70. The van der Waals surface area contributed by atoms with Gasteiger partial charge in [-0.2, -0.15) is 18.4 Å². The van der Waals surface area contributed by atoms with Gasteiger partial charge in [0.2, 0.25) is 5.91 Å². The maximum Gasteiger partial charge on any atom is 0.416 e. The molecular weight excluding hydrogens is 473 g/mol. The molecule has 3 N–H and O–H groups in total. The molecule has 10 heteroatoms. The number of halogens is 3. The predicted octanol–water partition coefficient (Wildman–Crippen LogP) is 4.32. The van der Waals surface area contributed by atoms with Crippen molar-refractivity contribution in [1.82, 2.24) is 5.32 Å². The molecule has 1 aliphatic rings. The summed E-state index contributed by atoms with van der Waals surface area (Å²) in [5.41, 5.74) is 6.72. The molecule has 0 spiro atoms. The number of likely N-dealkylation sites (N-methyl/N-ethyl adjacent to an activating group) is 1. The van der Waals surface area contributed by atoms with Crippen LogP contribution in [-0.2, 0) is 20.5 Å². The molecule has 0 saturated heterocycles. The zero-order valence-corrected chi connectivity index (χ0v) is 19.9. The lowest BCUT2D eigenvalue weighted by Gasteiger charge is -2.37. The molecule has 7 nitrogen and oxygen atoms in total. The van der Waals surface area contributed by atoms with Crippen LogP contribution in [0.4, 0.5) is 18.9 Å². The number of benzene rings is 2. The van der Waals surface area contributed by atoms with Crippen LogP contribution >= 0.6 is 0 Å². The van der Waals surface area contributed by atoms with Gasteiger partial charge in [0, 0.05) is 23.5 Å². The van der Waals surface area contributed by atoms with Gasteiger partial charge in [-0.15, -0.1) is 0 Å². The molecule has 2 aromatic rings. The Hall–Kier alpha value is -4.26. The van der Waals surface area contributed by atoms with E-state index in [2.05, 4.69) is 5.32 Å². The fraction of sp³-hybridized carbons (Fsp3) is 0.269. The Morgan fingerprint density at radius 3 is 2.36 bits per heavy atom. The lowest BCUT2D eigenvalue weighted by atomic mass is 9.80. The SMILES string of the molecule is CCNC(=O)C1=C(C)N(c2cccc(C(F)(F)F)c2)C(N)=C(C(=O)OCC)C1c1ccc(C#N)cc1. The Morgan fingerprint density at radius 1 is 1.14 bits per heavy atom. The molecule has 1 unspecified atom stereocenters. The highest BCUT2D eigenvalue weighted by atomic mass is 19.4. The fourth-order valence-corrected chi connectivity index (χ4v) is 4.14. The lowest BCUT2D eigenvalue weighted by Crippen LogP contribution is -2.41. The highest BCUT2D eigenvalue weighted by Gasteiger charge is 2.41. The molecule has 0 saturated carbocycles. The monoisotopic (exact) mass is 498 g/mol. The molecule has 0 radical (unpaired) electrons. The van der Waals surface area contributed by atoms with Crippen molar-refractivity contribution in [2.24, 2.45) is 5.73 Å². The molecule has 3 rings (SSSR count). The topological polar surface area (TPSA) is 108 Å². The molecule has 0 aliphatic carbocycles. The van der Waals surface area contributed by atoms with E-state index < -0.39 is 29.5 Å². The standard InChI is InChI=1S/C26H25F3N4O3/c1-4-32-24(34)20-15(3)33(19-8-6-7-18(13-19)26(27,28)29)23(31)22(25(35)36-5-2)21(20)17-11-9-16(14-30)10-12-17/h6-13,21H,4-5,31H2,1-3H3,(H,32,34). The second-order valence-corrected chi connectivity index (χ2v) is 7.93. The molecule has 0 aromatic heterocycles. The average molecular weight is 499 g/mol. The number of nitrogens with one attached hydrogen (secondary N) is 1. The number of ether oxygens (including phenoxy) is 1. The third-order valence-electron chi connectivity index (χ3n) is 5.70. The Morgan fingerprint density at radius 2 is 1.81 bits per heavy atom. The van der Waals surface area contributed by atoms with Gasteiger partial charge in [0.25, 0.3) is 0 Å². The average Bonchev–Trinajstić information content (AvgIpc) is 2.83. The van der Waals surface area contributed by atoms with Gasteiger partial charge >= 0.3 is 12.1 Å². The number of esters is 1. The number of anilines is 1. The van der Waals surface area contributed by atoms with Crippen LogP contribution in [0.15, 0.2) is 71.2 Å². The number of carbonyl (C=O) groups is 2. The molecule has 188 valence electrons. The largest absolute Gasteiger partial charge is 0.463 e. The molecular formula is C26H25F3N4O3. The Balaban J connectivity index is 2.34. The summed E-state index contributed by atoms with van der Waals surface area (Å²) in [6.45, 7) is 5.15. The van der Waals surface area contributed by atoms with Crippen molar-refractivity contribution in [3.8, 4) is 6.07 Å².